The highest BCUT2D eigenvalue weighted by atomic mass is 35.5. The molecule has 0 saturated carbocycles. The van der Waals surface area contributed by atoms with Gasteiger partial charge < -0.3 is 9.84 Å². The Labute approximate surface area is 133 Å². The maximum absolute atomic E-state index is 12.0. The molecule has 112 valence electrons. The number of hydrogen-bond acceptors (Lipinski definition) is 4. The largest absolute Gasteiger partial charge is 0.504 e. The molecule has 2 rings (SSSR count). The first-order valence-corrected chi connectivity index (χ1v) is 6.17. The van der Waals surface area contributed by atoms with Gasteiger partial charge in [-0.1, -0.05) is 11.6 Å². The second kappa shape index (κ2) is 7.15. The first-order valence-electron chi connectivity index (χ1n) is 5.80. The van der Waals surface area contributed by atoms with Gasteiger partial charge in [0.15, 0.2) is 17.3 Å². The van der Waals surface area contributed by atoms with Crippen LogP contribution in [0.4, 0.5) is 0 Å². The van der Waals surface area contributed by atoms with E-state index in [0.29, 0.717) is 16.3 Å². The Morgan fingerprint density at radius 2 is 2.19 bits per heavy atom. The molecule has 1 N–H and O–H groups in total. The predicted molar refractivity (Wildman–Crippen MR) is 83.5 cm³/mol. The van der Waals surface area contributed by atoms with E-state index in [1.807, 2.05) is 0 Å². The molecular weight excluding hydrogens is 315 g/mol. The van der Waals surface area contributed by atoms with E-state index in [1.165, 1.54) is 37.6 Å². The molecule has 0 bridgehead atoms. The van der Waals surface area contributed by atoms with Gasteiger partial charge in [-0.3, -0.25) is 9.48 Å². The van der Waals surface area contributed by atoms with Gasteiger partial charge in [0.1, 0.15) is 0 Å². The number of aromatic nitrogens is 2. The molecule has 5 nitrogen and oxygen atoms in total. The van der Waals surface area contributed by atoms with Crippen molar-refractivity contribution < 1.29 is 14.6 Å². The summed E-state index contributed by atoms with van der Waals surface area (Å²) in [4.78, 5) is 12.0. The Morgan fingerprint density at radius 1 is 1.48 bits per heavy atom. The number of benzene rings is 1. The van der Waals surface area contributed by atoms with E-state index in [-0.39, 0.29) is 29.7 Å². The molecule has 7 heteroatoms. The summed E-state index contributed by atoms with van der Waals surface area (Å²) in [6.07, 6.45) is 4.50. The van der Waals surface area contributed by atoms with Crippen LogP contribution in [-0.4, -0.2) is 27.8 Å². The molecule has 0 unspecified atom stereocenters. The number of carbonyl (C=O) groups excluding carboxylic acids is 1. The number of aryl methyl sites for hydroxylation is 1. The molecule has 1 heterocycles. The summed E-state index contributed by atoms with van der Waals surface area (Å²) < 4.78 is 6.54. The first kappa shape index (κ1) is 17.1. The highest BCUT2D eigenvalue weighted by Gasteiger charge is 2.08. The van der Waals surface area contributed by atoms with E-state index in [4.69, 9.17) is 16.3 Å². The van der Waals surface area contributed by atoms with Gasteiger partial charge in [-0.05, 0) is 30.4 Å². The van der Waals surface area contributed by atoms with Crippen molar-refractivity contribution >= 4 is 35.9 Å². The van der Waals surface area contributed by atoms with Crippen LogP contribution in [0.25, 0.3) is 6.08 Å². The third kappa shape index (κ3) is 3.77. The smallest absolute Gasteiger partial charge is 0.186 e. The van der Waals surface area contributed by atoms with E-state index in [9.17, 15) is 9.90 Å². The molecule has 0 aliphatic heterocycles. The number of hydrogen-bond donors (Lipinski definition) is 1. The number of rotatable bonds is 4. The molecule has 0 spiro atoms. The van der Waals surface area contributed by atoms with Gasteiger partial charge in [-0.25, -0.2) is 0 Å². The minimum Gasteiger partial charge on any atom is -0.504 e. The molecule has 0 saturated heterocycles. The van der Waals surface area contributed by atoms with Gasteiger partial charge in [-0.2, -0.15) is 5.10 Å². The number of allylic oxidation sites excluding steroid dienone is 1. The number of methoxy groups -OCH3 is 1. The fourth-order valence-electron chi connectivity index (χ4n) is 1.69. The van der Waals surface area contributed by atoms with E-state index in [1.54, 1.807) is 17.8 Å². The monoisotopic (exact) mass is 328 g/mol. The summed E-state index contributed by atoms with van der Waals surface area (Å²) >= 11 is 5.94. The van der Waals surface area contributed by atoms with E-state index in [2.05, 4.69) is 5.10 Å². The third-order valence-electron chi connectivity index (χ3n) is 2.79. The molecule has 21 heavy (non-hydrogen) atoms. The summed E-state index contributed by atoms with van der Waals surface area (Å²) in [5.74, 6) is 0.0195. The highest BCUT2D eigenvalue weighted by molar-refractivity contribution is 6.31. The van der Waals surface area contributed by atoms with Crippen LogP contribution in [-0.2, 0) is 7.05 Å². The number of nitrogens with zero attached hydrogens (tertiary/aromatic N) is 2. The topological polar surface area (TPSA) is 64.3 Å². The second-order valence-corrected chi connectivity index (χ2v) is 4.49. The molecule has 0 radical (unpaired) electrons. The van der Waals surface area contributed by atoms with Gasteiger partial charge in [-0.15, -0.1) is 12.4 Å². The molecular formula is C14H14Cl2N2O3. The van der Waals surface area contributed by atoms with Crippen LogP contribution in [0.3, 0.4) is 0 Å². The van der Waals surface area contributed by atoms with Crippen LogP contribution < -0.4 is 4.74 Å². The van der Waals surface area contributed by atoms with Crippen molar-refractivity contribution in [1.29, 1.82) is 0 Å². The lowest BCUT2D eigenvalue weighted by atomic mass is 10.1. The fraction of sp³-hybridized carbons (Fsp3) is 0.143. The molecule has 0 aliphatic carbocycles. The van der Waals surface area contributed by atoms with Crippen LogP contribution in [0.1, 0.15) is 16.1 Å². The highest BCUT2D eigenvalue weighted by Crippen LogP contribution is 2.26. The predicted octanol–water partition coefficient (Wildman–Crippen LogP) is 3.11. The van der Waals surface area contributed by atoms with E-state index in [0.717, 1.165) is 0 Å². The van der Waals surface area contributed by atoms with Crippen LogP contribution in [0, 0.1) is 0 Å². The summed E-state index contributed by atoms with van der Waals surface area (Å²) in [5, 5.41) is 13.9. The average molecular weight is 329 g/mol. The van der Waals surface area contributed by atoms with Crippen LogP contribution >= 0.6 is 24.0 Å². The molecule has 1 aromatic carbocycles. The van der Waals surface area contributed by atoms with E-state index < -0.39 is 0 Å². The SMILES string of the molecule is COc1cc(C(=O)C=Cc2c(Cl)cnn2C)ccc1O.Cl. The van der Waals surface area contributed by atoms with Crippen LogP contribution in [0.2, 0.25) is 5.02 Å². The minimum absolute atomic E-state index is 0. The number of ether oxygens (including phenoxy) is 1. The number of halogens is 2. The molecule has 0 aliphatic rings. The zero-order chi connectivity index (χ0) is 14.7. The van der Waals surface area contributed by atoms with Gasteiger partial charge >= 0.3 is 0 Å². The number of ketones is 1. The summed E-state index contributed by atoms with van der Waals surface area (Å²) in [7, 11) is 3.16. The lowest BCUT2D eigenvalue weighted by Crippen LogP contribution is -1.97. The van der Waals surface area contributed by atoms with Gasteiger partial charge in [0.05, 0.1) is 24.0 Å². The maximum Gasteiger partial charge on any atom is 0.186 e. The Hall–Kier alpha value is -1.98. The lowest BCUT2D eigenvalue weighted by Gasteiger charge is -2.04. The van der Waals surface area contributed by atoms with Crippen LogP contribution in [0.15, 0.2) is 30.5 Å². The number of carbonyl (C=O) groups is 1. The second-order valence-electron chi connectivity index (χ2n) is 4.09. The van der Waals surface area contributed by atoms with Gasteiger partial charge in [0.2, 0.25) is 0 Å². The Morgan fingerprint density at radius 3 is 2.76 bits per heavy atom. The summed E-state index contributed by atoms with van der Waals surface area (Å²) in [6, 6.07) is 4.42. The standard InChI is InChI=1S/C14H13ClN2O3.ClH/c1-17-11(10(15)8-16-17)4-6-12(18)9-3-5-13(19)14(7-9)20-2;/h3-8,19H,1-2H3;1H. The molecule has 0 fully saturated rings. The van der Waals surface area contributed by atoms with Crippen molar-refractivity contribution in [2.45, 2.75) is 0 Å². The first-order chi connectivity index (χ1) is 9.52. The summed E-state index contributed by atoms with van der Waals surface area (Å²) in [5.41, 5.74) is 1.06. The molecule has 0 amide bonds. The molecule has 2 aromatic rings. The molecule has 1 aromatic heterocycles. The third-order valence-corrected chi connectivity index (χ3v) is 3.09. The zero-order valence-corrected chi connectivity index (χ0v) is 13.0. The molecule has 0 atom stereocenters. The lowest BCUT2D eigenvalue weighted by molar-refractivity contribution is 0.104. The van der Waals surface area contributed by atoms with Gasteiger partial charge in [0, 0.05) is 12.6 Å². The van der Waals surface area contributed by atoms with Crippen molar-refractivity contribution in [3.05, 3.63) is 46.8 Å². The average Bonchev–Trinajstić information content (AvgIpc) is 2.76. The number of aromatic hydroxyl groups is 1. The van der Waals surface area contributed by atoms with Crippen molar-refractivity contribution in [2.75, 3.05) is 7.11 Å². The van der Waals surface area contributed by atoms with Crippen molar-refractivity contribution in [3.63, 3.8) is 0 Å². The minimum atomic E-state index is -0.222. The number of phenolic OH excluding ortho intramolecular Hbond substituents is 1. The van der Waals surface area contributed by atoms with E-state index >= 15 is 0 Å². The van der Waals surface area contributed by atoms with Crippen LogP contribution in [0.5, 0.6) is 11.5 Å². The van der Waals surface area contributed by atoms with Crippen molar-refractivity contribution in [3.8, 4) is 11.5 Å². The van der Waals surface area contributed by atoms with Gasteiger partial charge in [0.25, 0.3) is 0 Å². The summed E-state index contributed by atoms with van der Waals surface area (Å²) in [6.45, 7) is 0. The number of phenols is 1. The quantitative estimate of drug-likeness (QED) is 0.691. The normalized spacial score (nSPS) is 10.4. The Balaban J connectivity index is 0.00000220. The Kier molecular flexibility index (Phi) is 5.81. The maximum atomic E-state index is 12.0. The fourth-order valence-corrected chi connectivity index (χ4v) is 1.92. The van der Waals surface area contributed by atoms with Crippen molar-refractivity contribution in [2.24, 2.45) is 7.05 Å². The van der Waals surface area contributed by atoms with Crippen molar-refractivity contribution in [1.82, 2.24) is 9.78 Å². The Bertz CT molecular complexity index is 661. The zero-order valence-electron chi connectivity index (χ0n) is 11.4.